The van der Waals surface area contributed by atoms with Gasteiger partial charge in [0.15, 0.2) is 0 Å². The van der Waals surface area contributed by atoms with Crippen molar-refractivity contribution in [3.05, 3.63) is 39.6 Å². The zero-order chi connectivity index (χ0) is 16.0. The summed E-state index contributed by atoms with van der Waals surface area (Å²) in [4.78, 5) is 18.6. The number of aromatic nitrogens is 2. The molecule has 0 saturated carbocycles. The zero-order valence-electron chi connectivity index (χ0n) is 11.7. The van der Waals surface area contributed by atoms with E-state index in [9.17, 15) is 19.4 Å². The summed E-state index contributed by atoms with van der Waals surface area (Å²) < 4.78 is 19.3. The molecule has 8 heteroatoms. The van der Waals surface area contributed by atoms with Crippen LogP contribution in [0.1, 0.15) is 17.4 Å². The molecule has 0 amide bonds. The van der Waals surface area contributed by atoms with Crippen molar-refractivity contribution in [1.29, 1.82) is 0 Å². The van der Waals surface area contributed by atoms with Gasteiger partial charge in [-0.15, -0.1) is 0 Å². The van der Waals surface area contributed by atoms with Crippen LogP contribution in [0, 0.1) is 12.7 Å². The normalized spacial score (nSPS) is 28.4. The lowest BCUT2D eigenvalue weighted by Crippen LogP contribution is -2.33. The molecule has 0 aliphatic carbocycles. The minimum atomic E-state index is -1.39. The summed E-state index contributed by atoms with van der Waals surface area (Å²) in [6.07, 6.45) is -4.87. The monoisotopic (exact) mass is 310 g/mol. The minimum Gasteiger partial charge on any atom is -0.394 e. The van der Waals surface area contributed by atoms with E-state index in [2.05, 4.69) is 9.97 Å². The number of pyridine rings is 2. The summed E-state index contributed by atoms with van der Waals surface area (Å²) in [6, 6.07) is 2.47. The zero-order valence-corrected chi connectivity index (χ0v) is 11.7. The summed E-state index contributed by atoms with van der Waals surface area (Å²) in [6.45, 7) is 1.09. The van der Waals surface area contributed by atoms with E-state index in [1.165, 1.54) is 12.1 Å². The Morgan fingerprint density at radius 2 is 2.09 bits per heavy atom. The first kappa shape index (κ1) is 15.0. The Morgan fingerprint density at radius 1 is 1.36 bits per heavy atom. The van der Waals surface area contributed by atoms with Gasteiger partial charge in [-0.3, -0.25) is 4.79 Å². The first-order valence-corrected chi connectivity index (χ1v) is 6.75. The van der Waals surface area contributed by atoms with Crippen LogP contribution in [-0.4, -0.2) is 50.2 Å². The molecular weight excluding hydrogens is 295 g/mol. The number of nitrogens with zero attached hydrogens (tertiary/aromatic N) is 1. The van der Waals surface area contributed by atoms with Gasteiger partial charge in [-0.2, -0.15) is 0 Å². The van der Waals surface area contributed by atoms with Crippen LogP contribution < -0.4 is 5.56 Å². The van der Waals surface area contributed by atoms with E-state index >= 15 is 0 Å². The maximum Gasteiger partial charge on any atom is 0.255 e. The molecule has 0 radical (unpaired) electrons. The van der Waals surface area contributed by atoms with Crippen LogP contribution in [0.3, 0.4) is 0 Å². The SMILES string of the molecule is Cc1cc(F)c2cc(C3OC(CO)C(O)C3O)c(=O)[nH]c2n1. The van der Waals surface area contributed by atoms with Gasteiger partial charge in [0.2, 0.25) is 0 Å². The van der Waals surface area contributed by atoms with Crippen LogP contribution in [0.5, 0.6) is 0 Å². The van der Waals surface area contributed by atoms with E-state index in [0.717, 1.165) is 0 Å². The molecule has 1 fully saturated rings. The Morgan fingerprint density at radius 3 is 2.73 bits per heavy atom. The lowest BCUT2D eigenvalue weighted by Gasteiger charge is -2.14. The van der Waals surface area contributed by atoms with Crippen molar-refractivity contribution in [2.45, 2.75) is 31.3 Å². The number of hydrogen-bond acceptors (Lipinski definition) is 6. The molecule has 22 heavy (non-hydrogen) atoms. The number of nitrogens with one attached hydrogen (secondary N) is 1. The number of ether oxygens (including phenoxy) is 1. The third-order valence-corrected chi connectivity index (χ3v) is 3.78. The summed E-state index contributed by atoms with van der Waals surface area (Å²) in [5.41, 5.74) is -0.112. The number of hydrogen-bond donors (Lipinski definition) is 4. The number of rotatable bonds is 2. The standard InChI is InChI=1S/C14H15FN2O5/c1-5-2-8(15)6-3-7(14(21)17-13(6)16-5)12-11(20)10(19)9(4-18)22-12/h2-3,9-12,18-20H,4H2,1H3,(H,16,17,21). The maximum absolute atomic E-state index is 14.0. The van der Waals surface area contributed by atoms with Crippen LogP contribution >= 0.6 is 0 Å². The number of aliphatic hydroxyl groups excluding tert-OH is 3. The third kappa shape index (κ3) is 2.30. The molecule has 7 nitrogen and oxygen atoms in total. The Labute approximate surface area is 124 Å². The van der Waals surface area contributed by atoms with E-state index in [0.29, 0.717) is 5.69 Å². The highest BCUT2D eigenvalue weighted by Gasteiger charge is 2.44. The fourth-order valence-corrected chi connectivity index (χ4v) is 2.64. The van der Waals surface area contributed by atoms with Crippen molar-refractivity contribution < 1.29 is 24.4 Å². The van der Waals surface area contributed by atoms with Gasteiger partial charge < -0.3 is 25.0 Å². The van der Waals surface area contributed by atoms with E-state index in [1.54, 1.807) is 6.92 Å². The first-order valence-electron chi connectivity index (χ1n) is 6.75. The number of halogens is 1. The van der Waals surface area contributed by atoms with Crippen LogP contribution in [0.4, 0.5) is 4.39 Å². The molecule has 0 bridgehead atoms. The van der Waals surface area contributed by atoms with E-state index in [-0.39, 0.29) is 16.6 Å². The van der Waals surface area contributed by atoms with Crippen LogP contribution in [0.25, 0.3) is 11.0 Å². The summed E-state index contributed by atoms with van der Waals surface area (Å²) in [5.74, 6) is -0.563. The lowest BCUT2D eigenvalue weighted by atomic mass is 10.0. The second kappa shape index (κ2) is 5.40. The van der Waals surface area contributed by atoms with Gasteiger partial charge in [-0.25, -0.2) is 9.37 Å². The molecule has 2 aromatic rings. The molecule has 4 atom stereocenters. The highest BCUT2D eigenvalue weighted by molar-refractivity contribution is 5.76. The molecule has 1 saturated heterocycles. The molecule has 1 aliphatic rings. The second-order valence-electron chi connectivity index (χ2n) is 5.32. The van der Waals surface area contributed by atoms with E-state index in [1.807, 2.05) is 0 Å². The van der Waals surface area contributed by atoms with Crippen molar-refractivity contribution in [2.24, 2.45) is 0 Å². The topological polar surface area (TPSA) is 116 Å². The smallest absolute Gasteiger partial charge is 0.255 e. The molecule has 0 aromatic carbocycles. The van der Waals surface area contributed by atoms with Crippen molar-refractivity contribution in [3.63, 3.8) is 0 Å². The number of aliphatic hydroxyl groups is 3. The van der Waals surface area contributed by atoms with Crippen molar-refractivity contribution in [3.8, 4) is 0 Å². The highest BCUT2D eigenvalue weighted by atomic mass is 19.1. The average molecular weight is 310 g/mol. The second-order valence-corrected chi connectivity index (χ2v) is 5.32. The molecule has 0 spiro atoms. The van der Waals surface area contributed by atoms with Crippen LogP contribution in [0.15, 0.2) is 16.9 Å². The molecule has 4 N–H and O–H groups in total. The minimum absolute atomic E-state index is 0.0282. The van der Waals surface area contributed by atoms with Gasteiger partial charge in [0.05, 0.1) is 12.0 Å². The summed E-state index contributed by atoms with van der Waals surface area (Å²) in [5, 5.41) is 28.9. The van der Waals surface area contributed by atoms with E-state index < -0.39 is 42.4 Å². The van der Waals surface area contributed by atoms with Gasteiger partial charge in [0.25, 0.3) is 5.56 Å². The van der Waals surface area contributed by atoms with Crippen LogP contribution in [0.2, 0.25) is 0 Å². The Bertz CT molecular complexity index is 778. The molecule has 3 rings (SSSR count). The Kier molecular flexibility index (Phi) is 3.69. The van der Waals surface area contributed by atoms with E-state index in [4.69, 9.17) is 9.84 Å². The molecule has 118 valence electrons. The van der Waals surface area contributed by atoms with Crippen molar-refractivity contribution in [1.82, 2.24) is 9.97 Å². The largest absolute Gasteiger partial charge is 0.394 e. The quantitative estimate of drug-likeness (QED) is 0.596. The number of fused-ring (bicyclic) bond motifs is 1. The van der Waals surface area contributed by atoms with Gasteiger partial charge in [-0.1, -0.05) is 0 Å². The molecule has 1 aliphatic heterocycles. The molecular formula is C14H15FN2O5. The molecule has 3 heterocycles. The van der Waals surface area contributed by atoms with Gasteiger partial charge in [-0.05, 0) is 19.1 Å². The third-order valence-electron chi connectivity index (χ3n) is 3.78. The molecule has 2 aromatic heterocycles. The van der Waals surface area contributed by atoms with Gasteiger partial charge in [0, 0.05) is 11.3 Å². The van der Waals surface area contributed by atoms with Crippen molar-refractivity contribution >= 4 is 11.0 Å². The fraction of sp³-hybridized carbons (Fsp3) is 0.429. The predicted octanol–water partition coefficient (Wildman–Crippen LogP) is -0.475. The summed E-state index contributed by atoms with van der Waals surface area (Å²) >= 11 is 0. The number of aromatic amines is 1. The van der Waals surface area contributed by atoms with Crippen LogP contribution in [-0.2, 0) is 4.74 Å². The predicted molar refractivity (Wildman–Crippen MR) is 73.8 cm³/mol. The highest BCUT2D eigenvalue weighted by Crippen LogP contribution is 2.32. The summed E-state index contributed by atoms with van der Waals surface area (Å²) in [7, 11) is 0. The average Bonchev–Trinajstić information content (AvgIpc) is 2.74. The number of H-pyrrole nitrogens is 1. The first-order chi connectivity index (χ1) is 10.4. The van der Waals surface area contributed by atoms with Crippen molar-refractivity contribution in [2.75, 3.05) is 6.61 Å². The Balaban J connectivity index is 2.12. The maximum atomic E-state index is 14.0. The number of aryl methyl sites for hydroxylation is 1. The van der Waals surface area contributed by atoms with Gasteiger partial charge in [0.1, 0.15) is 35.9 Å². The van der Waals surface area contributed by atoms with Gasteiger partial charge >= 0.3 is 0 Å². The fourth-order valence-electron chi connectivity index (χ4n) is 2.64. The molecule has 4 unspecified atom stereocenters. The lowest BCUT2D eigenvalue weighted by molar-refractivity contribution is -0.0231. The Hall–Kier alpha value is -1.87.